The summed E-state index contributed by atoms with van der Waals surface area (Å²) in [5, 5.41) is 18.1. The van der Waals surface area contributed by atoms with Crippen molar-refractivity contribution in [3.8, 4) is 0 Å². The molecule has 1 fully saturated rings. The number of amides is 1. The number of aliphatic carboxylic acids is 2. The van der Waals surface area contributed by atoms with Gasteiger partial charge < -0.3 is 25.2 Å². The van der Waals surface area contributed by atoms with Gasteiger partial charge in [0.1, 0.15) is 0 Å². The minimum atomic E-state index is -0.833. The average Bonchev–Trinajstić information content (AvgIpc) is 3.01. The van der Waals surface area contributed by atoms with E-state index in [9.17, 15) is 4.79 Å². The van der Waals surface area contributed by atoms with Crippen LogP contribution in [0.1, 0.15) is 37.0 Å². The maximum atomic E-state index is 12.3. The zero-order chi connectivity index (χ0) is 22.7. The van der Waals surface area contributed by atoms with E-state index in [1.54, 1.807) is 4.90 Å². The van der Waals surface area contributed by atoms with Crippen LogP contribution < -0.4 is 5.32 Å². The molecule has 9 nitrogen and oxygen atoms in total. The largest absolute Gasteiger partial charge is 0.481 e. The van der Waals surface area contributed by atoms with Crippen LogP contribution in [0.25, 0.3) is 0 Å². The first-order valence-corrected chi connectivity index (χ1v) is 9.83. The third-order valence-corrected chi connectivity index (χ3v) is 4.40. The molecular weight excluding hydrogens is 390 g/mol. The van der Waals surface area contributed by atoms with E-state index < -0.39 is 11.9 Å². The summed E-state index contributed by atoms with van der Waals surface area (Å²) in [6, 6.07) is 6.57. The van der Waals surface area contributed by atoms with Gasteiger partial charge in [0.15, 0.2) is 0 Å². The number of carbonyl (C=O) groups excluding carboxylic acids is 1. The van der Waals surface area contributed by atoms with Gasteiger partial charge in [0.05, 0.1) is 19.1 Å². The number of fused-ring (bicyclic) bond motifs is 1. The van der Waals surface area contributed by atoms with Gasteiger partial charge >= 0.3 is 0 Å². The van der Waals surface area contributed by atoms with Crippen LogP contribution in [0, 0.1) is 0 Å². The number of carboxylic acid groups (broad SMARTS) is 2. The lowest BCUT2D eigenvalue weighted by Crippen LogP contribution is -2.41. The average molecular weight is 424 g/mol. The van der Waals surface area contributed by atoms with Crippen molar-refractivity contribution < 1.29 is 29.3 Å². The number of morpholine rings is 1. The molecule has 1 saturated heterocycles. The Bertz CT molecular complexity index is 699. The second kappa shape index (κ2) is 12.9. The summed E-state index contributed by atoms with van der Waals surface area (Å²) in [7, 11) is 4.01. The second-order valence-electron chi connectivity index (χ2n) is 7.46. The van der Waals surface area contributed by atoms with Gasteiger partial charge in [-0.1, -0.05) is 18.2 Å². The fraction of sp³-hybridized carbons (Fsp3) is 0.571. The molecule has 0 spiro atoms. The Morgan fingerprint density at radius 3 is 2.33 bits per heavy atom. The first-order valence-electron chi connectivity index (χ1n) is 9.83. The number of benzene rings is 1. The van der Waals surface area contributed by atoms with E-state index in [0.29, 0.717) is 19.6 Å². The number of nitrogens with one attached hydrogen (secondary N) is 1. The highest BCUT2D eigenvalue weighted by Crippen LogP contribution is 2.23. The highest BCUT2D eigenvalue weighted by atomic mass is 16.5. The monoisotopic (exact) mass is 423 g/mol. The lowest BCUT2D eigenvalue weighted by Gasteiger charge is -2.25. The molecule has 9 heteroatoms. The molecule has 0 saturated carbocycles. The molecule has 1 aromatic carbocycles. The summed E-state index contributed by atoms with van der Waals surface area (Å²) in [5.74, 6) is -1.52. The number of rotatable bonds is 4. The normalized spacial score (nSPS) is 17.5. The SMILES string of the molecule is CC(=O)O.CC(=O)O.CN1Cc2ccc(CN(C)C(=O)CC3CNCCO3)cc2C1. The lowest BCUT2D eigenvalue weighted by molar-refractivity contribution is -0.135. The minimum Gasteiger partial charge on any atom is -0.481 e. The first-order chi connectivity index (χ1) is 14.1. The predicted octanol–water partition coefficient (Wildman–Crippen LogP) is 1.15. The summed E-state index contributed by atoms with van der Waals surface area (Å²) >= 11 is 0. The van der Waals surface area contributed by atoms with Gasteiger partial charge in [-0.05, 0) is 23.7 Å². The molecule has 1 atom stereocenters. The number of hydrogen-bond donors (Lipinski definition) is 3. The summed E-state index contributed by atoms with van der Waals surface area (Å²) in [5.41, 5.74) is 4.00. The maximum absolute atomic E-state index is 12.3. The molecule has 2 aliphatic rings. The number of ether oxygens (including phenoxy) is 1. The van der Waals surface area contributed by atoms with E-state index in [1.807, 2.05) is 7.05 Å². The van der Waals surface area contributed by atoms with Gasteiger partial charge in [0.25, 0.3) is 11.9 Å². The van der Waals surface area contributed by atoms with Crippen molar-refractivity contribution in [3.05, 3.63) is 34.9 Å². The van der Waals surface area contributed by atoms with Crippen molar-refractivity contribution >= 4 is 17.8 Å². The molecular formula is C21H33N3O6. The number of hydrogen-bond acceptors (Lipinski definition) is 6. The Morgan fingerprint density at radius 1 is 1.17 bits per heavy atom. The van der Waals surface area contributed by atoms with Crippen LogP contribution in [-0.4, -0.2) is 77.8 Å². The molecule has 0 bridgehead atoms. The molecule has 3 rings (SSSR count). The van der Waals surface area contributed by atoms with Crippen LogP contribution in [0.2, 0.25) is 0 Å². The second-order valence-corrected chi connectivity index (χ2v) is 7.46. The standard InChI is InChI=1S/C17H25N3O2.2C2H4O2/c1-19-11-14-4-3-13(7-15(14)12-19)10-20(2)17(21)8-16-9-18-5-6-22-16;2*1-2(3)4/h3-4,7,16,18H,5-6,8-12H2,1-2H3;2*1H3,(H,3,4). The van der Waals surface area contributed by atoms with E-state index in [4.69, 9.17) is 24.5 Å². The van der Waals surface area contributed by atoms with Gasteiger partial charge in [0.2, 0.25) is 5.91 Å². The van der Waals surface area contributed by atoms with E-state index >= 15 is 0 Å². The zero-order valence-corrected chi connectivity index (χ0v) is 18.2. The van der Waals surface area contributed by atoms with E-state index in [2.05, 4.69) is 35.5 Å². The molecule has 1 amide bonds. The van der Waals surface area contributed by atoms with Crippen LogP contribution in [0.5, 0.6) is 0 Å². The highest BCUT2D eigenvalue weighted by molar-refractivity contribution is 5.76. The molecule has 168 valence electrons. The smallest absolute Gasteiger partial charge is 0.300 e. The Labute approximate surface area is 177 Å². The van der Waals surface area contributed by atoms with Crippen LogP contribution >= 0.6 is 0 Å². The lowest BCUT2D eigenvalue weighted by atomic mass is 10.1. The number of carbonyl (C=O) groups is 3. The molecule has 1 aromatic rings. The third kappa shape index (κ3) is 10.3. The van der Waals surface area contributed by atoms with Crippen LogP contribution in [0.3, 0.4) is 0 Å². The van der Waals surface area contributed by atoms with E-state index in [1.165, 1.54) is 16.7 Å². The molecule has 2 aliphatic heterocycles. The van der Waals surface area contributed by atoms with Crippen molar-refractivity contribution in [2.45, 2.75) is 46.0 Å². The predicted molar refractivity (Wildman–Crippen MR) is 112 cm³/mol. The number of carboxylic acids is 2. The van der Waals surface area contributed by atoms with E-state index in [-0.39, 0.29) is 12.0 Å². The fourth-order valence-corrected chi connectivity index (χ4v) is 3.18. The fourth-order valence-electron chi connectivity index (χ4n) is 3.18. The number of nitrogens with zero attached hydrogens (tertiary/aromatic N) is 2. The van der Waals surface area contributed by atoms with Gasteiger partial charge in [-0.25, -0.2) is 0 Å². The summed E-state index contributed by atoms with van der Waals surface area (Å²) < 4.78 is 5.61. The Kier molecular flexibility index (Phi) is 11.0. The molecule has 0 radical (unpaired) electrons. The van der Waals surface area contributed by atoms with Crippen molar-refractivity contribution in [1.29, 1.82) is 0 Å². The third-order valence-electron chi connectivity index (χ3n) is 4.40. The van der Waals surface area contributed by atoms with E-state index in [0.717, 1.165) is 40.0 Å². The summed E-state index contributed by atoms with van der Waals surface area (Å²) in [4.78, 5) is 34.4. The van der Waals surface area contributed by atoms with Crippen molar-refractivity contribution in [1.82, 2.24) is 15.1 Å². The van der Waals surface area contributed by atoms with Gasteiger partial charge in [-0.2, -0.15) is 0 Å². The molecule has 0 aliphatic carbocycles. The Hall–Kier alpha value is -2.49. The Balaban J connectivity index is 0.000000485. The molecule has 2 heterocycles. The quantitative estimate of drug-likeness (QED) is 0.660. The van der Waals surface area contributed by atoms with Gasteiger partial charge in [0, 0.05) is 53.6 Å². The molecule has 0 aromatic heterocycles. The summed E-state index contributed by atoms with van der Waals surface area (Å²) in [6.07, 6.45) is 0.467. The first kappa shape index (κ1) is 25.5. The Morgan fingerprint density at radius 2 is 1.77 bits per heavy atom. The zero-order valence-electron chi connectivity index (χ0n) is 18.2. The highest BCUT2D eigenvalue weighted by Gasteiger charge is 2.20. The van der Waals surface area contributed by atoms with Crippen molar-refractivity contribution in [2.24, 2.45) is 0 Å². The molecule has 30 heavy (non-hydrogen) atoms. The van der Waals surface area contributed by atoms with Gasteiger partial charge in [-0.15, -0.1) is 0 Å². The van der Waals surface area contributed by atoms with Crippen LogP contribution in [0.4, 0.5) is 0 Å². The minimum absolute atomic E-state index is 0.0115. The topological polar surface area (TPSA) is 119 Å². The maximum Gasteiger partial charge on any atom is 0.300 e. The summed E-state index contributed by atoms with van der Waals surface area (Å²) in [6.45, 7) is 7.20. The van der Waals surface area contributed by atoms with Crippen LogP contribution in [0.15, 0.2) is 18.2 Å². The van der Waals surface area contributed by atoms with Gasteiger partial charge in [-0.3, -0.25) is 19.3 Å². The molecule has 1 unspecified atom stereocenters. The molecule has 3 N–H and O–H groups in total. The van der Waals surface area contributed by atoms with Crippen molar-refractivity contribution in [3.63, 3.8) is 0 Å². The van der Waals surface area contributed by atoms with Crippen LogP contribution in [-0.2, 0) is 38.8 Å². The van der Waals surface area contributed by atoms with Crippen molar-refractivity contribution in [2.75, 3.05) is 33.8 Å².